The second-order valence-corrected chi connectivity index (χ2v) is 4.38. The summed E-state index contributed by atoms with van der Waals surface area (Å²) in [6.45, 7) is 8.27. The van der Waals surface area contributed by atoms with Crippen molar-refractivity contribution in [2.45, 2.75) is 32.6 Å². The summed E-state index contributed by atoms with van der Waals surface area (Å²) in [4.78, 5) is 4.42. The number of pyridine rings is 1. The first-order valence-electron chi connectivity index (χ1n) is 5.48. The highest BCUT2D eigenvalue weighted by Crippen LogP contribution is 2.45. The number of hydrogen-bond donors (Lipinski definition) is 1. The lowest BCUT2D eigenvalue weighted by Crippen LogP contribution is -2.03. The van der Waals surface area contributed by atoms with Crippen LogP contribution in [0.5, 0.6) is 0 Å². The zero-order valence-electron chi connectivity index (χ0n) is 9.72. The molecule has 1 N–H and O–H groups in total. The molecule has 0 aliphatic heterocycles. The monoisotopic (exact) mass is 202 g/mol. The maximum absolute atomic E-state index is 4.42. The molecule has 1 aliphatic carbocycles. The molecule has 0 spiro atoms. The lowest BCUT2D eigenvalue weighted by molar-refractivity contribution is 1.06. The zero-order valence-corrected chi connectivity index (χ0v) is 9.72. The molecule has 2 rings (SSSR count). The minimum Gasteiger partial charge on any atom is -0.373 e. The van der Waals surface area contributed by atoms with E-state index in [1.54, 1.807) is 0 Å². The summed E-state index contributed by atoms with van der Waals surface area (Å²) < 4.78 is 0. The highest BCUT2D eigenvalue weighted by atomic mass is 15.0. The van der Waals surface area contributed by atoms with Crippen molar-refractivity contribution in [2.75, 3.05) is 12.4 Å². The standard InChI is InChI=1S/C13H18N2/c1-8(2)11-12(10-5-6-10)9(3)7-15-13(11)14-4/h7,10H,1,5-6H2,2-4H3,(H,14,15). The van der Waals surface area contributed by atoms with Gasteiger partial charge in [0.25, 0.3) is 0 Å². The largest absolute Gasteiger partial charge is 0.373 e. The molecule has 2 heteroatoms. The van der Waals surface area contributed by atoms with Gasteiger partial charge in [0, 0.05) is 18.8 Å². The SMILES string of the molecule is C=C(C)c1c(NC)ncc(C)c1C1CC1. The number of nitrogens with zero attached hydrogens (tertiary/aromatic N) is 1. The summed E-state index contributed by atoms with van der Waals surface area (Å²) in [7, 11) is 1.92. The van der Waals surface area contributed by atoms with Crippen LogP contribution in [0.2, 0.25) is 0 Å². The molecule has 0 unspecified atom stereocenters. The molecule has 0 amide bonds. The van der Waals surface area contributed by atoms with Gasteiger partial charge in [0.1, 0.15) is 5.82 Å². The lowest BCUT2D eigenvalue weighted by atomic mass is 9.95. The molecule has 1 fully saturated rings. The predicted octanol–water partition coefficient (Wildman–Crippen LogP) is 3.34. The molecule has 15 heavy (non-hydrogen) atoms. The first kappa shape index (κ1) is 10.2. The molecule has 0 atom stereocenters. The number of nitrogens with one attached hydrogen (secondary N) is 1. The summed E-state index contributed by atoms with van der Waals surface area (Å²) in [5.74, 6) is 1.71. The number of rotatable bonds is 3. The molecule has 0 aromatic carbocycles. The summed E-state index contributed by atoms with van der Waals surface area (Å²) in [6, 6.07) is 0. The molecule has 1 heterocycles. The number of aromatic nitrogens is 1. The van der Waals surface area contributed by atoms with Gasteiger partial charge in [-0.1, -0.05) is 6.58 Å². The highest BCUT2D eigenvalue weighted by molar-refractivity contribution is 5.75. The minimum absolute atomic E-state index is 0.742. The van der Waals surface area contributed by atoms with E-state index in [1.807, 2.05) is 13.2 Å². The predicted molar refractivity (Wildman–Crippen MR) is 65.2 cm³/mol. The number of anilines is 1. The fraction of sp³-hybridized carbons (Fsp3) is 0.462. The van der Waals surface area contributed by atoms with Gasteiger partial charge >= 0.3 is 0 Å². The van der Waals surface area contributed by atoms with Gasteiger partial charge in [0.2, 0.25) is 0 Å². The van der Waals surface area contributed by atoms with E-state index in [2.05, 4.69) is 30.7 Å². The third-order valence-corrected chi connectivity index (χ3v) is 2.97. The Labute approximate surface area is 91.4 Å². The van der Waals surface area contributed by atoms with Crippen molar-refractivity contribution >= 4 is 11.4 Å². The molecule has 1 saturated carbocycles. The molecule has 80 valence electrons. The Balaban J connectivity index is 2.61. The Morgan fingerprint density at radius 1 is 1.53 bits per heavy atom. The van der Waals surface area contributed by atoms with E-state index in [1.165, 1.54) is 29.5 Å². The van der Waals surface area contributed by atoms with E-state index >= 15 is 0 Å². The fourth-order valence-electron chi connectivity index (χ4n) is 2.14. The van der Waals surface area contributed by atoms with Crippen LogP contribution in [0.4, 0.5) is 5.82 Å². The molecule has 1 aliphatic rings. The molecule has 2 nitrogen and oxygen atoms in total. The summed E-state index contributed by atoms with van der Waals surface area (Å²) >= 11 is 0. The second-order valence-electron chi connectivity index (χ2n) is 4.38. The maximum Gasteiger partial charge on any atom is 0.133 e. The Bertz CT molecular complexity index is 403. The average Bonchev–Trinajstić information content (AvgIpc) is 3.00. The summed E-state index contributed by atoms with van der Waals surface area (Å²) in [6.07, 6.45) is 4.59. The van der Waals surface area contributed by atoms with Crippen molar-refractivity contribution in [3.8, 4) is 0 Å². The molecular weight excluding hydrogens is 184 g/mol. The van der Waals surface area contributed by atoms with Crippen molar-refractivity contribution in [3.63, 3.8) is 0 Å². The van der Waals surface area contributed by atoms with Crippen molar-refractivity contribution < 1.29 is 0 Å². The van der Waals surface area contributed by atoms with Crippen molar-refractivity contribution in [1.82, 2.24) is 4.98 Å². The van der Waals surface area contributed by atoms with Crippen LogP contribution >= 0.6 is 0 Å². The first-order chi connectivity index (χ1) is 7.15. The van der Waals surface area contributed by atoms with E-state index in [0.29, 0.717) is 0 Å². The number of aryl methyl sites for hydroxylation is 1. The van der Waals surface area contributed by atoms with Gasteiger partial charge in [-0.3, -0.25) is 0 Å². The first-order valence-corrected chi connectivity index (χ1v) is 5.48. The summed E-state index contributed by atoms with van der Waals surface area (Å²) in [5.41, 5.74) is 5.11. The third kappa shape index (κ3) is 1.76. The molecule has 1 aromatic rings. The van der Waals surface area contributed by atoms with Crippen molar-refractivity contribution in [2.24, 2.45) is 0 Å². The quantitative estimate of drug-likeness (QED) is 0.813. The third-order valence-electron chi connectivity index (χ3n) is 2.97. The fourth-order valence-corrected chi connectivity index (χ4v) is 2.14. The van der Waals surface area contributed by atoms with Crippen LogP contribution in [0.25, 0.3) is 5.57 Å². The normalized spacial score (nSPS) is 15.1. The van der Waals surface area contributed by atoms with Crippen molar-refractivity contribution in [3.05, 3.63) is 29.5 Å². The lowest BCUT2D eigenvalue weighted by Gasteiger charge is -2.15. The van der Waals surface area contributed by atoms with Gasteiger partial charge in [-0.15, -0.1) is 0 Å². The van der Waals surface area contributed by atoms with Crippen LogP contribution in [-0.2, 0) is 0 Å². The highest BCUT2D eigenvalue weighted by Gasteiger charge is 2.29. The minimum atomic E-state index is 0.742. The van der Waals surface area contributed by atoms with Crippen LogP contribution in [0.1, 0.15) is 42.4 Å². The van der Waals surface area contributed by atoms with Crippen LogP contribution in [-0.4, -0.2) is 12.0 Å². The Morgan fingerprint density at radius 3 is 2.67 bits per heavy atom. The van der Waals surface area contributed by atoms with Crippen LogP contribution in [0.3, 0.4) is 0 Å². The average molecular weight is 202 g/mol. The van der Waals surface area contributed by atoms with Crippen molar-refractivity contribution in [1.29, 1.82) is 0 Å². The van der Waals surface area contributed by atoms with Gasteiger partial charge in [0.05, 0.1) is 0 Å². The topological polar surface area (TPSA) is 24.9 Å². The van der Waals surface area contributed by atoms with Gasteiger partial charge in [0.15, 0.2) is 0 Å². The van der Waals surface area contributed by atoms with E-state index in [9.17, 15) is 0 Å². The summed E-state index contributed by atoms with van der Waals surface area (Å²) in [5, 5.41) is 3.16. The Kier molecular flexibility index (Phi) is 2.51. The van der Waals surface area contributed by atoms with E-state index in [-0.39, 0.29) is 0 Å². The van der Waals surface area contributed by atoms with E-state index < -0.39 is 0 Å². The maximum atomic E-state index is 4.42. The zero-order chi connectivity index (χ0) is 11.0. The number of hydrogen-bond acceptors (Lipinski definition) is 2. The van der Waals surface area contributed by atoms with Gasteiger partial charge in [-0.25, -0.2) is 4.98 Å². The molecular formula is C13H18N2. The molecule has 0 radical (unpaired) electrons. The Hall–Kier alpha value is -1.31. The van der Waals surface area contributed by atoms with Crippen LogP contribution < -0.4 is 5.32 Å². The molecule has 0 bridgehead atoms. The van der Waals surface area contributed by atoms with E-state index in [4.69, 9.17) is 0 Å². The van der Waals surface area contributed by atoms with Gasteiger partial charge in [-0.2, -0.15) is 0 Å². The van der Waals surface area contributed by atoms with Gasteiger partial charge < -0.3 is 5.32 Å². The smallest absolute Gasteiger partial charge is 0.133 e. The second kappa shape index (κ2) is 3.69. The Morgan fingerprint density at radius 2 is 2.20 bits per heavy atom. The van der Waals surface area contributed by atoms with E-state index in [0.717, 1.165) is 17.3 Å². The van der Waals surface area contributed by atoms with Crippen LogP contribution in [0, 0.1) is 6.92 Å². The van der Waals surface area contributed by atoms with Gasteiger partial charge in [-0.05, 0) is 49.3 Å². The number of allylic oxidation sites excluding steroid dienone is 1. The van der Waals surface area contributed by atoms with Crippen LogP contribution in [0.15, 0.2) is 12.8 Å². The molecule has 1 aromatic heterocycles. The molecule has 0 saturated heterocycles.